The second kappa shape index (κ2) is 3.14. The van der Waals surface area contributed by atoms with Crippen LogP contribution in [0.3, 0.4) is 0 Å². The Morgan fingerprint density at radius 1 is 1.31 bits per heavy atom. The van der Waals surface area contributed by atoms with Crippen LogP contribution in [0.2, 0.25) is 0 Å². The summed E-state index contributed by atoms with van der Waals surface area (Å²) in [6, 6.07) is 1.85. The lowest BCUT2D eigenvalue weighted by molar-refractivity contribution is 0.750. The Kier molecular flexibility index (Phi) is 1.97. The summed E-state index contributed by atoms with van der Waals surface area (Å²) in [5.41, 5.74) is 6.20. The van der Waals surface area contributed by atoms with E-state index in [0.29, 0.717) is 5.82 Å². The lowest BCUT2D eigenvalue weighted by Gasteiger charge is -1.97. The minimum Gasteiger partial charge on any atom is -0.381 e. The van der Waals surface area contributed by atoms with Crippen LogP contribution in [0.1, 0.15) is 0 Å². The number of nitrogens with zero attached hydrogens (tertiary/aromatic N) is 4. The standard InChI is InChI=1S/C7H6BrN5/c8-5-1-6(3-10-2-5)13-11-4-7(9)12-13/h1-4H,(H2,9,12). The van der Waals surface area contributed by atoms with E-state index < -0.39 is 0 Å². The SMILES string of the molecule is Nc1cnn(-c2cncc(Br)c2)n1. The Morgan fingerprint density at radius 3 is 2.77 bits per heavy atom. The molecule has 5 nitrogen and oxygen atoms in total. The average Bonchev–Trinajstić information content (AvgIpc) is 2.52. The fraction of sp³-hybridized carbons (Fsp3) is 0. The minimum absolute atomic E-state index is 0.389. The first-order valence-electron chi connectivity index (χ1n) is 3.54. The highest BCUT2D eigenvalue weighted by Crippen LogP contribution is 2.12. The summed E-state index contributed by atoms with van der Waals surface area (Å²) in [6.07, 6.45) is 4.83. The molecule has 2 N–H and O–H groups in total. The molecular weight excluding hydrogens is 234 g/mol. The van der Waals surface area contributed by atoms with Crippen molar-refractivity contribution in [2.24, 2.45) is 0 Å². The lowest BCUT2D eigenvalue weighted by Crippen LogP contribution is -1.99. The molecule has 6 heteroatoms. The summed E-state index contributed by atoms with van der Waals surface area (Å²) in [4.78, 5) is 5.41. The molecule has 2 aromatic rings. The van der Waals surface area contributed by atoms with Crippen LogP contribution in [0, 0.1) is 0 Å². The smallest absolute Gasteiger partial charge is 0.166 e. The molecule has 0 aliphatic carbocycles. The van der Waals surface area contributed by atoms with Crippen molar-refractivity contribution in [1.29, 1.82) is 0 Å². The van der Waals surface area contributed by atoms with Gasteiger partial charge >= 0.3 is 0 Å². The third-order valence-corrected chi connectivity index (χ3v) is 1.86. The minimum atomic E-state index is 0.389. The molecule has 0 spiro atoms. The summed E-state index contributed by atoms with van der Waals surface area (Å²) in [7, 11) is 0. The lowest BCUT2D eigenvalue weighted by atomic mass is 10.4. The van der Waals surface area contributed by atoms with Crippen LogP contribution in [0.5, 0.6) is 0 Å². The van der Waals surface area contributed by atoms with Gasteiger partial charge in [-0.3, -0.25) is 4.98 Å². The van der Waals surface area contributed by atoms with Crippen LogP contribution >= 0.6 is 15.9 Å². The highest BCUT2D eigenvalue weighted by molar-refractivity contribution is 9.10. The molecule has 0 aliphatic heterocycles. The second-order valence-electron chi connectivity index (χ2n) is 2.42. The van der Waals surface area contributed by atoms with Gasteiger partial charge < -0.3 is 5.73 Å². The van der Waals surface area contributed by atoms with Gasteiger partial charge in [-0.05, 0) is 22.0 Å². The van der Waals surface area contributed by atoms with E-state index in [1.807, 2.05) is 6.07 Å². The van der Waals surface area contributed by atoms with Gasteiger partial charge in [-0.25, -0.2) is 0 Å². The van der Waals surface area contributed by atoms with Crippen LogP contribution in [-0.4, -0.2) is 20.0 Å². The van der Waals surface area contributed by atoms with Crippen molar-refractivity contribution >= 4 is 21.7 Å². The van der Waals surface area contributed by atoms with Crippen molar-refractivity contribution in [3.8, 4) is 5.69 Å². The van der Waals surface area contributed by atoms with Crippen molar-refractivity contribution < 1.29 is 0 Å². The Morgan fingerprint density at radius 2 is 2.15 bits per heavy atom. The van der Waals surface area contributed by atoms with E-state index in [1.54, 1.807) is 12.4 Å². The highest BCUT2D eigenvalue weighted by atomic mass is 79.9. The van der Waals surface area contributed by atoms with E-state index in [4.69, 9.17) is 5.73 Å². The fourth-order valence-electron chi connectivity index (χ4n) is 0.909. The first-order chi connectivity index (χ1) is 6.25. The molecule has 0 fully saturated rings. The van der Waals surface area contributed by atoms with Crippen molar-refractivity contribution in [1.82, 2.24) is 20.0 Å². The van der Waals surface area contributed by atoms with Gasteiger partial charge in [-0.1, -0.05) is 0 Å². The Hall–Kier alpha value is -1.43. The molecule has 66 valence electrons. The van der Waals surface area contributed by atoms with Crippen LogP contribution in [-0.2, 0) is 0 Å². The third-order valence-electron chi connectivity index (χ3n) is 1.43. The predicted octanol–water partition coefficient (Wildman–Crippen LogP) is 1.01. The number of rotatable bonds is 1. The summed E-state index contributed by atoms with van der Waals surface area (Å²) >= 11 is 3.30. The number of nitrogens with two attached hydrogens (primary N) is 1. The molecule has 0 atom stereocenters. The Bertz CT molecular complexity index is 424. The quantitative estimate of drug-likeness (QED) is 0.807. The molecule has 0 aliphatic rings. The van der Waals surface area contributed by atoms with Gasteiger partial charge in [0.25, 0.3) is 0 Å². The molecule has 0 radical (unpaired) electrons. The highest BCUT2D eigenvalue weighted by Gasteiger charge is 2.00. The maximum Gasteiger partial charge on any atom is 0.166 e. The molecule has 0 amide bonds. The number of anilines is 1. The van der Waals surface area contributed by atoms with Crippen LogP contribution in [0.15, 0.2) is 29.1 Å². The molecule has 2 rings (SSSR count). The molecular formula is C7H6BrN5. The number of hydrogen-bond acceptors (Lipinski definition) is 4. The number of nitrogen functional groups attached to an aromatic ring is 1. The van der Waals surface area contributed by atoms with Crippen molar-refractivity contribution in [3.63, 3.8) is 0 Å². The Balaban J connectivity index is 2.46. The Labute approximate surface area is 82.7 Å². The van der Waals surface area contributed by atoms with E-state index in [0.717, 1.165) is 10.2 Å². The van der Waals surface area contributed by atoms with Crippen LogP contribution in [0.25, 0.3) is 5.69 Å². The van der Waals surface area contributed by atoms with Gasteiger partial charge in [0.2, 0.25) is 0 Å². The number of hydrogen-bond donors (Lipinski definition) is 1. The summed E-state index contributed by atoms with van der Waals surface area (Å²) in [5, 5.41) is 7.89. The topological polar surface area (TPSA) is 69.6 Å². The fourth-order valence-corrected chi connectivity index (χ4v) is 1.26. The van der Waals surface area contributed by atoms with E-state index in [9.17, 15) is 0 Å². The number of aromatic nitrogens is 4. The van der Waals surface area contributed by atoms with Crippen LogP contribution in [0.4, 0.5) is 5.82 Å². The molecule has 0 bridgehead atoms. The number of halogens is 1. The summed E-state index contributed by atoms with van der Waals surface area (Å²) < 4.78 is 0.876. The van der Waals surface area contributed by atoms with E-state index >= 15 is 0 Å². The van der Waals surface area contributed by atoms with Gasteiger partial charge in [0.15, 0.2) is 5.82 Å². The zero-order valence-corrected chi connectivity index (χ0v) is 8.14. The monoisotopic (exact) mass is 239 g/mol. The summed E-state index contributed by atoms with van der Waals surface area (Å²) in [5.74, 6) is 0.389. The predicted molar refractivity (Wildman–Crippen MR) is 51.3 cm³/mol. The first kappa shape index (κ1) is 8.18. The molecule has 0 unspecified atom stereocenters. The van der Waals surface area contributed by atoms with E-state index in [1.165, 1.54) is 11.0 Å². The zero-order valence-electron chi connectivity index (χ0n) is 6.55. The van der Waals surface area contributed by atoms with Crippen molar-refractivity contribution in [2.45, 2.75) is 0 Å². The molecule has 13 heavy (non-hydrogen) atoms. The maximum atomic E-state index is 5.43. The van der Waals surface area contributed by atoms with Gasteiger partial charge in [0.1, 0.15) is 5.69 Å². The van der Waals surface area contributed by atoms with Crippen molar-refractivity contribution in [3.05, 3.63) is 29.1 Å². The van der Waals surface area contributed by atoms with Gasteiger partial charge in [-0.2, -0.15) is 5.10 Å². The van der Waals surface area contributed by atoms with Gasteiger partial charge in [-0.15, -0.1) is 9.90 Å². The third kappa shape index (κ3) is 1.67. The molecule has 0 saturated heterocycles. The normalized spacial score (nSPS) is 10.2. The zero-order chi connectivity index (χ0) is 9.26. The largest absolute Gasteiger partial charge is 0.381 e. The first-order valence-corrected chi connectivity index (χ1v) is 4.34. The molecule has 2 heterocycles. The van der Waals surface area contributed by atoms with E-state index in [2.05, 4.69) is 31.1 Å². The molecule has 2 aromatic heterocycles. The van der Waals surface area contributed by atoms with Crippen LogP contribution < -0.4 is 5.73 Å². The average molecular weight is 240 g/mol. The van der Waals surface area contributed by atoms with Crippen molar-refractivity contribution in [2.75, 3.05) is 5.73 Å². The molecule has 0 aromatic carbocycles. The maximum absolute atomic E-state index is 5.43. The summed E-state index contributed by atoms with van der Waals surface area (Å²) in [6.45, 7) is 0. The van der Waals surface area contributed by atoms with Gasteiger partial charge in [0, 0.05) is 10.7 Å². The van der Waals surface area contributed by atoms with Gasteiger partial charge in [0.05, 0.1) is 12.4 Å². The molecule has 0 saturated carbocycles. The number of pyridine rings is 1. The second-order valence-corrected chi connectivity index (χ2v) is 3.34. The van der Waals surface area contributed by atoms with E-state index in [-0.39, 0.29) is 0 Å².